The average molecular weight is 494 g/mol. The second-order valence-corrected chi connectivity index (χ2v) is 10.7. The molecule has 2 amide bonds. The monoisotopic (exact) mass is 493 g/mol. The summed E-state index contributed by atoms with van der Waals surface area (Å²) >= 11 is 5.92. The van der Waals surface area contributed by atoms with Crippen LogP contribution in [-0.2, 0) is 25.8 Å². The number of halogens is 4. The molecule has 2 saturated heterocycles. The maximum atomic E-state index is 13.0. The largest absolute Gasteiger partial charge is 0.416 e. The van der Waals surface area contributed by atoms with Crippen molar-refractivity contribution in [1.82, 2.24) is 14.1 Å². The van der Waals surface area contributed by atoms with Gasteiger partial charge in [0.1, 0.15) is 4.90 Å². The van der Waals surface area contributed by atoms with E-state index in [1.807, 2.05) is 4.90 Å². The lowest BCUT2D eigenvalue weighted by Crippen LogP contribution is -2.52. The zero-order chi connectivity index (χ0) is 23.3. The van der Waals surface area contributed by atoms with Crippen molar-refractivity contribution in [3.63, 3.8) is 0 Å². The van der Waals surface area contributed by atoms with Crippen LogP contribution in [0.25, 0.3) is 0 Å². The molecule has 0 N–H and O–H groups in total. The lowest BCUT2D eigenvalue weighted by molar-refractivity contribution is -0.143. The van der Waals surface area contributed by atoms with Crippen molar-refractivity contribution < 1.29 is 31.2 Å². The molecule has 0 unspecified atom stereocenters. The van der Waals surface area contributed by atoms with E-state index in [1.54, 1.807) is 0 Å². The maximum Gasteiger partial charge on any atom is 0.416 e. The number of alkyl halides is 3. The summed E-state index contributed by atoms with van der Waals surface area (Å²) < 4.78 is 66.1. The highest BCUT2D eigenvalue weighted by Gasteiger charge is 2.48. The van der Waals surface area contributed by atoms with Crippen molar-refractivity contribution in [2.45, 2.75) is 36.8 Å². The normalized spacial score (nSPS) is 25.9. The third-order valence-corrected chi connectivity index (χ3v) is 8.86. The van der Waals surface area contributed by atoms with Gasteiger partial charge in [0.15, 0.2) is 0 Å². The van der Waals surface area contributed by atoms with Gasteiger partial charge in [-0.05, 0) is 31.0 Å². The maximum absolute atomic E-state index is 13.0. The van der Waals surface area contributed by atoms with Crippen LogP contribution in [0, 0.1) is 11.8 Å². The summed E-state index contributed by atoms with van der Waals surface area (Å²) in [6, 6.07) is 2.21. The molecule has 7 nitrogen and oxygen atoms in total. The summed E-state index contributed by atoms with van der Waals surface area (Å²) in [7, 11) is -4.24. The van der Waals surface area contributed by atoms with E-state index in [0.29, 0.717) is 6.07 Å². The van der Waals surface area contributed by atoms with Gasteiger partial charge in [0, 0.05) is 26.2 Å². The highest BCUT2D eigenvalue weighted by atomic mass is 35.5. The van der Waals surface area contributed by atoms with Crippen molar-refractivity contribution in [3.8, 4) is 0 Å². The van der Waals surface area contributed by atoms with Crippen LogP contribution in [0.2, 0.25) is 5.02 Å². The Bertz CT molecular complexity index is 1000. The van der Waals surface area contributed by atoms with Crippen molar-refractivity contribution in [3.05, 3.63) is 28.8 Å². The average Bonchev–Trinajstić information content (AvgIpc) is 2.98. The molecule has 2 atom stereocenters. The van der Waals surface area contributed by atoms with Crippen LogP contribution in [0.5, 0.6) is 0 Å². The number of fused-ring (bicyclic) bond motifs is 1. The molecule has 3 aliphatic rings. The Morgan fingerprint density at radius 1 is 0.969 bits per heavy atom. The molecule has 0 bridgehead atoms. The molecular weight excluding hydrogens is 471 g/mol. The lowest BCUT2D eigenvalue weighted by atomic mass is 9.81. The third-order valence-electron chi connectivity index (χ3n) is 6.48. The van der Waals surface area contributed by atoms with Crippen molar-refractivity contribution in [2.24, 2.45) is 11.8 Å². The molecule has 0 radical (unpaired) electrons. The second kappa shape index (κ2) is 8.58. The van der Waals surface area contributed by atoms with Crippen molar-refractivity contribution in [1.29, 1.82) is 0 Å². The molecule has 3 fully saturated rings. The molecule has 12 heteroatoms. The summed E-state index contributed by atoms with van der Waals surface area (Å²) in [5.74, 6) is -0.821. The standard InChI is InChI=1S/C20H23ClF3N3O4S/c21-16-6-5-13(20(22,23)24)11-17(16)32(30,31)26-9-7-25(8-10-26)12-27-18(28)14-3-1-2-4-15(14)19(27)29/h5-6,11,14-15H,1-4,7-10,12H2/t14-,15+. The SMILES string of the molecule is O=C1[C@H]2CCCC[C@H]2C(=O)N1CN1CCN(S(=O)(=O)c2cc(C(F)(F)F)ccc2Cl)CC1. The van der Waals surface area contributed by atoms with E-state index in [-0.39, 0.29) is 61.5 Å². The number of likely N-dealkylation sites (tertiary alicyclic amines) is 1. The zero-order valence-corrected chi connectivity index (χ0v) is 18.7. The number of amides is 2. The molecule has 0 aromatic heterocycles. The van der Waals surface area contributed by atoms with Crippen LogP contribution in [0.3, 0.4) is 0 Å². The summed E-state index contributed by atoms with van der Waals surface area (Å²) in [6.45, 7) is 0.600. The number of carbonyl (C=O) groups excluding carboxylic acids is 2. The summed E-state index contributed by atoms with van der Waals surface area (Å²) in [4.78, 5) is 27.8. The molecule has 0 spiro atoms. The van der Waals surface area contributed by atoms with E-state index in [1.165, 1.54) is 4.90 Å². The van der Waals surface area contributed by atoms with Crippen molar-refractivity contribution >= 4 is 33.4 Å². The first-order chi connectivity index (χ1) is 15.0. The third kappa shape index (κ3) is 4.27. The molecule has 2 aliphatic heterocycles. The molecule has 2 heterocycles. The van der Waals surface area contributed by atoms with Gasteiger partial charge in [0.2, 0.25) is 21.8 Å². The quantitative estimate of drug-likeness (QED) is 0.603. The van der Waals surface area contributed by atoms with Crippen LogP contribution in [0.15, 0.2) is 23.1 Å². The Kier molecular flexibility index (Phi) is 6.30. The fraction of sp³-hybridized carbons (Fsp3) is 0.600. The molecule has 1 aromatic carbocycles. The summed E-state index contributed by atoms with van der Waals surface area (Å²) in [5.41, 5.74) is -1.09. The van der Waals surface area contributed by atoms with Crippen LogP contribution in [-0.4, -0.2) is 67.2 Å². The minimum atomic E-state index is -4.69. The first kappa shape index (κ1) is 23.5. The van der Waals surface area contributed by atoms with Gasteiger partial charge in [-0.15, -0.1) is 0 Å². The van der Waals surface area contributed by atoms with E-state index >= 15 is 0 Å². The van der Waals surface area contributed by atoms with Gasteiger partial charge in [-0.1, -0.05) is 24.4 Å². The fourth-order valence-corrected chi connectivity index (χ4v) is 6.62. The second-order valence-electron chi connectivity index (χ2n) is 8.41. The van der Waals surface area contributed by atoms with Crippen LogP contribution < -0.4 is 0 Å². The molecule has 1 aliphatic carbocycles. The summed E-state index contributed by atoms with van der Waals surface area (Å²) in [5, 5.41) is -0.281. The van der Waals surface area contributed by atoms with Gasteiger partial charge in [-0.3, -0.25) is 19.4 Å². The van der Waals surface area contributed by atoms with E-state index in [2.05, 4.69) is 0 Å². The van der Waals surface area contributed by atoms with E-state index in [4.69, 9.17) is 11.6 Å². The molecule has 4 rings (SSSR count). The van der Waals surface area contributed by atoms with E-state index in [9.17, 15) is 31.2 Å². The van der Waals surface area contributed by atoms with Gasteiger partial charge in [-0.2, -0.15) is 17.5 Å². The number of rotatable bonds is 4. The van der Waals surface area contributed by atoms with Crippen molar-refractivity contribution in [2.75, 3.05) is 32.8 Å². The number of hydrogen-bond acceptors (Lipinski definition) is 5. The number of nitrogens with zero attached hydrogens (tertiary/aromatic N) is 3. The Morgan fingerprint density at radius 3 is 2.06 bits per heavy atom. The Morgan fingerprint density at radius 2 is 1.53 bits per heavy atom. The predicted octanol–water partition coefficient (Wildman–Crippen LogP) is 2.80. The van der Waals surface area contributed by atoms with Crippen LogP contribution in [0.1, 0.15) is 31.2 Å². The number of carbonyl (C=O) groups is 2. The molecule has 1 saturated carbocycles. The highest BCUT2D eigenvalue weighted by Crippen LogP contribution is 2.38. The van der Waals surface area contributed by atoms with Gasteiger partial charge in [0.25, 0.3) is 0 Å². The first-order valence-corrected chi connectivity index (χ1v) is 12.3. The van der Waals surface area contributed by atoms with E-state index in [0.717, 1.165) is 42.1 Å². The fourth-order valence-electron chi connectivity index (χ4n) is 4.70. The summed E-state index contributed by atoms with van der Waals surface area (Å²) in [6.07, 6.45) is -1.39. The molecule has 176 valence electrons. The minimum absolute atomic E-state index is 0.0119. The highest BCUT2D eigenvalue weighted by molar-refractivity contribution is 7.89. The molecule has 32 heavy (non-hydrogen) atoms. The Labute approximate surface area is 189 Å². The topological polar surface area (TPSA) is 78.0 Å². The number of benzene rings is 1. The molecule has 1 aromatic rings. The number of sulfonamides is 1. The zero-order valence-electron chi connectivity index (χ0n) is 17.1. The van der Waals surface area contributed by atoms with Crippen LogP contribution >= 0.6 is 11.6 Å². The lowest BCUT2D eigenvalue weighted by Gasteiger charge is -2.35. The predicted molar refractivity (Wildman–Crippen MR) is 109 cm³/mol. The smallest absolute Gasteiger partial charge is 0.283 e. The Balaban J connectivity index is 1.43. The Hall–Kier alpha value is -1.69. The van der Waals surface area contributed by atoms with Gasteiger partial charge in [0.05, 0.1) is 29.1 Å². The van der Waals surface area contributed by atoms with Gasteiger partial charge < -0.3 is 0 Å². The number of hydrogen-bond donors (Lipinski definition) is 0. The first-order valence-electron chi connectivity index (χ1n) is 10.4. The van der Waals surface area contributed by atoms with Crippen LogP contribution in [0.4, 0.5) is 13.2 Å². The molecular formula is C20H23ClF3N3O4S. The van der Waals surface area contributed by atoms with E-state index < -0.39 is 26.7 Å². The number of imide groups is 1. The number of piperazine rings is 1. The van der Waals surface area contributed by atoms with Gasteiger partial charge >= 0.3 is 6.18 Å². The minimum Gasteiger partial charge on any atom is -0.283 e. The van der Waals surface area contributed by atoms with Gasteiger partial charge in [-0.25, -0.2) is 8.42 Å².